The normalized spacial score (nSPS) is 13.5. The Hall–Kier alpha value is -1.27. The van der Waals surface area contributed by atoms with Gasteiger partial charge in [-0.2, -0.15) is 13.2 Å². The van der Waals surface area contributed by atoms with Crippen LogP contribution in [0.25, 0.3) is 0 Å². The van der Waals surface area contributed by atoms with E-state index in [4.69, 9.17) is 22.4 Å². The quantitative estimate of drug-likeness (QED) is 0.883. The zero-order valence-corrected chi connectivity index (χ0v) is 9.22. The Morgan fingerprint density at radius 2 is 2.00 bits per heavy atom. The molecule has 1 aromatic rings. The number of rotatable bonds is 3. The highest BCUT2D eigenvalue weighted by molar-refractivity contribution is 6.30. The number of alkyl halides is 3. The SMILES string of the molecule is NC(Cc1cc(Cl)cc(C(F)(F)F)c1)C(=O)O. The zero-order chi connectivity index (χ0) is 13.2. The van der Waals surface area contributed by atoms with Crippen molar-refractivity contribution in [3.8, 4) is 0 Å². The van der Waals surface area contributed by atoms with Gasteiger partial charge in [0.2, 0.25) is 0 Å². The molecule has 0 radical (unpaired) electrons. The van der Waals surface area contributed by atoms with Crippen LogP contribution in [0.4, 0.5) is 13.2 Å². The van der Waals surface area contributed by atoms with Crippen LogP contribution in [0.1, 0.15) is 11.1 Å². The van der Waals surface area contributed by atoms with Gasteiger partial charge in [0.1, 0.15) is 6.04 Å². The lowest BCUT2D eigenvalue weighted by Gasteiger charge is -2.11. The predicted octanol–water partition coefficient (Wildman–Crippen LogP) is 2.31. The number of aliphatic carboxylic acids is 1. The third-order valence-corrected chi connectivity index (χ3v) is 2.28. The van der Waals surface area contributed by atoms with Crippen molar-refractivity contribution in [1.29, 1.82) is 0 Å². The van der Waals surface area contributed by atoms with E-state index in [2.05, 4.69) is 0 Å². The van der Waals surface area contributed by atoms with Gasteiger partial charge in [-0.15, -0.1) is 0 Å². The second kappa shape index (κ2) is 4.93. The van der Waals surface area contributed by atoms with Crippen LogP contribution in [0.15, 0.2) is 18.2 Å². The van der Waals surface area contributed by atoms with Gasteiger partial charge in [-0.05, 0) is 30.2 Å². The fourth-order valence-corrected chi connectivity index (χ4v) is 1.53. The number of carboxylic acids is 1. The molecule has 17 heavy (non-hydrogen) atoms. The first-order chi connectivity index (χ1) is 7.70. The first-order valence-corrected chi connectivity index (χ1v) is 4.93. The summed E-state index contributed by atoms with van der Waals surface area (Å²) in [6, 6.07) is 1.63. The average Bonchev–Trinajstić information content (AvgIpc) is 2.15. The predicted molar refractivity (Wildman–Crippen MR) is 55.8 cm³/mol. The molecule has 1 atom stereocenters. The smallest absolute Gasteiger partial charge is 0.416 e. The molecule has 0 aliphatic heterocycles. The molecule has 0 bridgehead atoms. The lowest BCUT2D eigenvalue weighted by atomic mass is 10.0. The summed E-state index contributed by atoms with van der Waals surface area (Å²) in [5, 5.41) is 8.46. The monoisotopic (exact) mass is 267 g/mol. The van der Waals surface area contributed by atoms with Crippen LogP contribution in [0.5, 0.6) is 0 Å². The van der Waals surface area contributed by atoms with Crippen LogP contribution in [0.2, 0.25) is 5.02 Å². The summed E-state index contributed by atoms with van der Waals surface area (Å²) in [7, 11) is 0. The van der Waals surface area contributed by atoms with E-state index in [-0.39, 0.29) is 17.0 Å². The van der Waals surface area contributed by atoms with Crippen LogP contribution in [-0.4, -0.2) is 17.1 Å². The molecular formula is C10H9ClF3NO2. The molecule has 0 heterocycles. The molecule has 0 aliphatic carbocycles. The molecule has 0 saturated carbocycles. The number of nitrogens with two attached hydrogens (primary N) is 1. The minimum Gasteiger partial charge on any atom is -0.480 e. The number of hydrogen-bond donors (Lipinski definition) is 2. The minimum absolute atomic E-state index is 0.104. The van der Waals surface area contributed by atoms with Crippen molar-refractivity contribution in [3.63, 3.8) is 0 Å². The molecule has 3 nitrogen and oxygen atoms in total. The highest BCUT2D eigenvalue weighted by atomic mass is 35.5. The van der Waals surface area contributed by atoms with Crippen LogP contribution < -0.4 is 5.73 Å². The van der Waals surface area contributed by atoms with Crippen molar-refractivity contribution in [2.75, 3.05) is 0 Å². The van der Waals surface area contributed by atoms with Gasteiger partial charge in [0.05, 0.1) is 5.56 Å². The minimum atomic E-state index is -4.52. The highest BCUT2D eigenvalue weighted by Gasteiger charge is 2.31. The lowest BCUT2D eigenvalue weighted by molar-refractivity contribution is -0.138. The van der Waals surface area contributed by atoms with Crippen molar-refractivity contribution in [2.45, 2.75) is 18.6 Å². The average molecular weight is 268 g/mol. The van der Waals surface area contributed by atoms with Crippen LogP contribution in [0.3, 0.4) is 0 Å². The van der Waals surface area contributed by atoms with Gasteiger partial charge in [-0.25, -0.2) is 0 Å². The van der Waals surface area contributed by atoms with Gasteiger partial charge >= 0.3 is 12.1 Å². The molecule has 1 unspecified atom stereocenters. The summed E-state index contributed by atoms with van der Waals surface area (Å²) < 4.78 is 37.3. The summed E-state index contributed by atoms with van der Waals surface area (Å²) in [5.74, 6) is -1.28. The first-order valence-electron chi connectivity index (χ1n) is 4.55. The standard InChI is InChI=1S/C10H9ClF3NO2/c11-7-2-5(3-8(15)9(16)17)1-6(4-7)10(12,13)14/h1-2,4,8H,3,15H2,(H,16,17). The van der Waals surface area contributed by atoms with E-state index in [1.165, 1.54) is 6.07 Å². The second-order valence-corrected chi connectivity index (χ2v) is 3.93. The maximum atomic E-state index is 12.4. The Morgan fingerprint density at radius 1 is 1.41 bits per heavy atom. The maximum absolute atomic E-state index is 12.4. The molecule has 94 valence electrons. The molecule has 0 amide bonds. The molecule has 0 fully saturated rings. The number of halogens is 4. The van der Waals surface area contributed by atoms with E-state index >= 15 is 0 Å². The largest absolute Gasteiger partial charge is 0.480 e. The van der Waals surface area contributed by atoms with E-state index in [1.807, 2.05) is 0 Å². The summed E-state index contributed by atoms with van der Waals surface area (Å²) in [5.41, 5.74) is 4.45. The number of carbonyl (C=O) groups is 1. The molecular weight excluding hydrogens is 259 g/mol. The van der Waals surface area contributed by atoms with Gasteiger partial charge in [0, 0.05) is 5.02 Å². The Morgan fingerprint density at radius 3 is 2.47 bits per heavy atom. The van der Waals surface area contributed by atoms with Crippen LogP contribution in [0, 0.1) is 0 Å². The fourth-order valence-electron chi connectivity index (χ4n) is 1.27. The van der Waals surface area contributed by atoms with Crippen molar-refractivity contribution >= 4 is 17.6 Å². The van der Waals surface area contributed by atoms with E-state index in [0.717, 1.165) is 12.1 Å². The van der Waals surface area contributed by atoms with Gasteiger partial charge in [0.25, 0.3) is 0 Å². The Labute approximate surface area is 100.0 Å². The van der Waals surface area contributed by atoms with E-state index in [1.54, 1.807) is 0 Å². The van der Waals surface area contributed by atoms with Crippen molar-refractivity contribution < 1.29 is 23.1 Å². The molecule has 0 spiro atoms. The zero-order valence-electron chi connectivity index (χ0n) is 8.46. The fraction of sp³-hybridized carbons (Fsp3) is 0.300. The molecule has 7 heteroatoms. The Kier molecular flexibility index (Phi) is 4.00. The number of benzene rings is 1. The maximum Gasteiger partial charge on any atom is 0.416 e. The Balaban J connectivity index is 3.02. The van der Waals surface area contributed by atoms with Crippen molar-refractivity contribution in [3.05, 3.63) is 34.3 Å². The summed E-state index contributed by atoms with van der Waals surface area (Å²) in [4.78, 5) is 10.5. The second-order valence-electron chi connectivity index (χ2n) is 3.49. The third kappa shape index (κ3) is 3.90. The van der Waals surface area contributed by atoms with Gasteiger partial charge in [0.15, 0.2) is 0 Å². The van der Waals surface area contributed by atoms with Crippen LogP contribution >= 0.6 is 11.6 Å². The van der Waals surface area contributed by atoms with E-state index in [0.29, 0.717) is 0 Å². The molecule has 1 rings (SSSR count). The topological polar surface area (TPSA) is 63.3 Å². The molecule has 0 saturated heterocycles. The Bertz CT molecular complexity index is 434. The molecule has 0 aromatic heterocycles. The summed E-state index contributed by atoms with van der Waals surface area (Å²) in [6.07, 6.45) is -4.73. The third-order valence-electron chi connectivity index (χ3n) is 2.06. The van der Waals surface area contributed by atoms with Gasteiger partial charge < -0.3 is 10.8 Å². The van der Waals surface area contributed by atoms with E-state index < -0.39 is 23.8 Å². The number of hydrogen-bond acceptors (Lipinski definition) is 2. The van der Waals surface area contributed by atoms with Crippen LogP contribution in [-0.2, 0) is 17.4 Å². The highest BCUT2D eigenvalue weighted by Crippen LogP contribution is 2.32. The summed E-state index contributed by atoms with van der Waals surface area (Å²) >= 11 is 5.53. The molecule has 3 N–H and O–H groups in total. The van der Waals surface area contributed by atoms with Gasteiger partial charge in [-0.3, -0.25) is 4.79 Å². The van der Waals surface area contributed by atoms with Gasteiger partial charge in [-0.1, -0.05) is 11.6 Å². The van der Waals surface area contributed by atoms with E-state index in [9.17, 15) is 18.0 Å². The van der Waals surface area contributed by atoms with Crippen molar-refractivity contribution in [1.82, 2.24) is 0 Å². The first kappa shape index (κ1) is 13.8. The molecule has 1 aromatic carbocycles. The summed E-state index contributed by atoms with van der Waals surface area (Å²) in [6.45, 7) is 0. The molecule has 0 aliphatic rings. The van der Waals surface area contributed by atoms with Crippen molar-refractivity contribution in [2.24, 2.45) is 5.73 Å². The lowest BCUT2D eigenvalue weighted by Crippen LogP contribution is -2.32. The number of carboxylic acid groups (broad SMARTS) is 1.